The number of nitrogens with zero attached hydrogens (tertiary/aromatic N) is 3. The zero-order valence-electron chi connectivity index (χ0n) is 14.4. The quantitative estimate of drug-likeness (QED) is 0.375. The van der Waals surface area contributed by atoms with Gasteiger partial charge in [-0.25, -0.2) is 0 Å². The summed E-state index contributed by atoms with van der Waals surface area (Å²) in [4.78, 5) is 0. The van der Waals surface area contributed by atoms with E-state index in [9.17, 15) is 0 Å². The Bertz CT molecular complexity index is 964. The average molecular weight is 463 g/mol. The third kappa shape index (κ3) is 5.04. The highest BCUT2D eigenvalue weighted by Crippen LogP contribution is 2.32. The van der Waals surface area contributed by atoms with Crippen molar-refractivity contribution >= 4 is 58.2 Å². The predicted octanol–water partition coefficient (Wildman–Crippen LogP) is 6.86. The van der Waals surface area contributed by atoms with E-state index in [1.807, 2.05) is 30.7 Å². The van der Waals surface area contributed by atoms with Gasteiger partial charge in [-0.3, -0.25) is 0 Å². The van der Waals surface area contributed by atoms with E-state index in [1.54, 1.807) is 36.0 Å². The van der Waals surface area contributed by atoms with Crippen LogP contribution in [-0.4, -0.2) is 14.8 Å². The summed E-state index contributed by atoms with van der Waals surface area (Å²) in [5.74, 6) is 1.93. The van der Waals surface area contributed by atoms with Gasteiger partial charge in [0.25, 0.3) is 0 Å². The molecule has 1 aromatic heterocycles. The Morgan fingerprint density at radius 1 is 1.00 bits per heavy atom. The van der Waals surface area contributed by atoms with Gasteiger partial charge in [0.05, 0.1) is 15.1 Å². The molecule has 0 radical (unpaired) electrons. The Morgan fingerprint density at radius 2 is 1.78 bits per heavy atom. The second kappa shape index (κ2) is 8.93. The van der Waals surface area contributed by atoms with Gasteiger partial charge in [0.2, 0.25) is 0 Å². The van der Waals surface area contributed by atoms with Crippen molar-refractivity contribution in [2.45, 2.75) is 23.9 Å². The number of benzene rings is 2. The van der Waals surface area contributed by atoms with Crippen molar-refractivity contribution in [1.82, 2.24) is 14.8 Å². The summed E-state index contributed by atoms with van der Waals surface area (Å²) < 4.78 is 7.82. The molecule has 0 bridgehead atoms. The van der Waals surface area contributed by atoms with Gasteiger partial charge in [0.1, 0.15) is 5.75 Å². The summed E-state index contributed by atoms with van der Waals surface area (Å²) in [6.07, 6.45) is -0.333. The molecule has 1 unspecified atom stereocenters. The van der Waals surface area contributed by atoms with E-state index in [-0.39, 0.29) is 6.10 Å². The molecule has 0 aliphatic heterocycles. The molecule has 3 rings (SSSR count). The molecule has 4 nitrogen and oxygen atoms in total. The van der Waals surface area contributed by atoms with Crippen LogP contribution in [0.5, 0.6) is 5.75 Å². The Kier molecular flexibility index (Phi) is 6.82. The average Bonchev–Trinajstić information content (AvgIpc) is 2.99. The first-order chi connectivity index (χ1) is 12.8. The van der Waals surface area contributed by atoms with E-state index < -0.39 is 0 Å². The molecule has 0 aliphatic carbocycles. The molecule has 0 saturated carbocycles. The van der Waals surface area contributed by atoms with Gasteiger partial charge in [0, 0.05) is 17.8 Å². The van der Waals surface area contributed by atoms with Crippen LogP contribution >= 0.6 is 58.2 Å². The molecule has 142 valence electrons. The largest absolute Gasteiger partial charge is 0.481 e. The first-order valence-electron chi connectivity index (χ1n) is 7.93. The van der Waals surface area contributed by atoms with E-state index >= 15 is 0 Å². The molecular weight excluding hydrogens is 448 g/mol. The molecule has 3 aromatic rings. The van der Waals surface area contributed by atoms with Gasteiger partial charge in [-0.1, -0.05) is 64.2 Å². The lowest BCUT2D eigenvalue weighted by molar-refractivity contribution is 0.211. The number of rotatable bonds is 6. The first kappa shape index (κ1) is 20.6. The van der Waals surface area contributed by atoms with E-state index in [1.165, 1.54) is 0 Å². The highest BCUT2D eigenvalue weighted by atomic mass is 35.5. The Hall–Kier alpha value is -1.11. The lowest BCUT2D eigenvalue weighted by Gasteiger charge is -2.15. The molecule has 2 aromatic carbocycles. The smallest absolute Gasteiger partial charge is 0.191 e. The summed E-state index contributed by atoms with van der Waals surface area (Å²) in [7, 11) is 1.90. The van der Waals surface area contributed by atoms with Crippen LogP contribution in [0.15, 0.2) is 41.6 Å². The Balaban J connectivity index is 1.69. The van der Waals surface area contributed by atoms with Gasteiger partial charge in [0.15, 0.2) is 17.1 Å². The lowest BCUT2D eigenvalue weighted by Crippen LogP contribution is -2.10. The molecule has 0 N–H and O–H groups in total. The van der Waals surface area contributed by atoms with Crippen molar-refractivity contribution in [2.24, 2.45) is 7.05 Å². The van der Waals surface area contributed by atoms with E-state index in [4.69, 9.17) is 51.1 Å². The van der Waals surface area contributed by atoms with Gasteiger partial charge >= 0.3 is 0 Å². The van der Waals surface area contributed by atoms with E-state index in [0.29, 0.717) is 37.4 Å². The fourth-order valence-corrected chi connectivity index (χ4v) is 4.03. The third-order valence-electron chi connectivity index (χ3n) is 3.78. The van der Waals surface area contributed by atoms with Crippen LogP contribution in [-0.2, 0) is 12.8 Å². The summed E-state index contributed by atoms with van der Waals surface area (Å²) in [6.45, 7) is 1.89. The summed E-state index contributed by atoms with van der Waals surface area (Å²) >= 11 is 25.7. The number of thioether (sulfide) groups is 1. The Labute approximate surface area is 181 Å². The monoisotopic (exact) mass is 461 g/mol. The van der Waals surface area contributed by atoms with Gasteiger partial charge < -0.3 is 9.30 Å². The maximum absolute atomic E-state index is 6.17. The van der Waals surface area contributed by atoms with Crippen molar-refractivity contribution in [2.75, 3.05) is 0 Å². The van der Waals surface area contributed by atoms with Crippen LogP contribution in [0, 0.1) is 0 Å². The maximum Gasteiger partial charge on any atom is 0.191 e. The normalized spacial score (nSPS) is 12.2. The topological polar surface area (TPSA) is 39.9 Å². The predicted molar refractivity (Wildman–Crippen MR) is 113 cm³/mol. The number of hydrogen-bond acceptors (Lipinski definition) is 4. The minimum atomic E-state index is -0.333. The molecule has 0 amide bonds. The zero-order valence-corrected chi connectivity index (χ0v) is 18.3. The number of ether oxygens (including phenoxy) is 1. The summed E-state index contributed by atoms with van der Waals surface area (Å²) in [6, 6.07) is 10.7. The van der Waals surface area contributed by atoms with E-state index in [0.717, 1.165) is 10.7 Å². The fourth-order valence-electron chi connectivity index (χ4n) is 2.40. The molecule has 0 fully saturated rings. The molecule has 27 heavy (non-hydrogen) atoms. The third-order valence-corrected chi connectivity index (χ3v) is 6.14. The molecule has 1 atom stereocenters. The SMILES string of the molecule is CC(Oc1ccc(Cl)cc1Cl)c1nnc(SCc2ccc(Cl)c(Cl)c2)n1C. The molecule has 1 heterocycles. The zero-order chi connectivity index (χ0) is 19.6. The summed E-state index contributed by atoms with van der Waals surface area (Å²) in [5.41, 5.74) is 1.05. The maximum atomic E-state index is 6.17. The molecule has 9 heteroatoms. The van der Waals surface area contributed by atoms with Crippen molar-refractivity contribution in [3.8, 4) is 5.75 Å². The first-order valence-corrected chi connectivity index (χ1v) is 10.4. The van der Waals surface area contributed by atoms with Crippen molar-refractivity contribution in [3.63, 3.8) is 0 Å². The molecule has 0 spiro atoms. The van der Waals surface area contributed by atoms with Gasteiger partial charge in [-0.05, 0) is 42.8 Å². The van der Waals surface area contributed by atoms with Crippen LogP contribution < -0.4 is 4.74 Å². The van der Waals surface area contributed by atoms with E-state index in [2.05, 4.69) is 10.2 Å². The molecule has 0 saturated heterocycles. The van der Waals surface area contributed by atoms with Crippen LogP contribution in [0.25, 0.3) is 0 Å². The lowest BCUT2D eigenvalue weighted by atomic mass is 10.2. The molecular formula is C18H15Cl4N3OS. The highest BCUT2D eigenvalue weighted by Gasteiger charge is 2.18. The van der Waals surface area contributed by atoms with Gasteiger partial charge in [-0.2, -0.15) is 0 Å². The van der Waals surface area contributed by atoms with Crippen molar-refractivity contribution < 1.29 is 4.74 Å². The Morgan fingerprint density at radius 3 is 2.48 bits per heavy atom. The van der Waals surface area contributed by atoms with Crippen LogP contribution in [0.2, 0.25) is 20.1 Å². The highest BCUT2D eigenvalue weighted by molar-refractivity contribution is 7.98. The van der Waals surface area contributed by atoms with Crippen LogP contribution in [0.4, 0.5) is 0 Å². The standard InChI is InChI=1S/C18H15Cl4N3OS/c1-10(26-16-6-4-12(19)8-15(16)22)17-23-24-18(25(17)2)27-9-11-3-5-13(20)14(21)7-11/h3-8,10H,9H2,1-2H3. The minimum absolute atomic E-state index is 0.333. The number of hydrogen-bond donors (Lipinski definition) is 0. The molecule has 0 aliphatic rings. The summed E-state index contributed by atoms with van der Waals surface area (Å²) in [5, 5.41) is 11.4. The van der Waals surface area contributed by atoms with Crippen molar-refractivity contribution in [1.29, 1.82) is 0 Å². The van der Waals surface area contributed by atoms with Crippen LogP contribution in [0.1, 0.15) is 24.4 Å². The van der Waals surface area contributed by atoms with Crippen LogP contribution in [0.3, 0.4) is 0 Å². The van der Waals surface area contributed by atoms with Gasteiger partial charge in [-0.15, -0.1) is 10.2 Å². The van der Waals surface area contributed by atoms with Crippen molar-refractivity contribution in [3.05, 3.63) is 67.9 Å². The second-order valence-electron chi connectivity index (χ2n) is 5.77. The number of halogens is 4. The minimum Gasteiger partial charge on any atom is -0.481 e. The fraction of sp³-hybridized carbons (Fsp3) is 0.222. The number of aromatic nitrogens is 3. The second-order valence-corrected chi connectivity index (χ2v) is 8.37.